The summed E-state index contributed by atoms with van der Waals surface area (Å²) in [5.74, 6) is -0.926. The summed E-state index contributed by atoms with van der Waals surface area (Å²) in [7, 11) is 0. The molecule has 0 spiro atoms. The Kier molecular flexibility index (Phi) is 4.13. The minimum Gasteiger partial charge on any atom is -0.344 e. The van der Waals surface area contributed by atoms with Gasteiger partial charge in [0, 0.05) is 9.30 Å². The van der Waals surface area contributed by atoms with Crippen LogP contribution in [-0.2, 0) is 6.42 Å². The van der Waals surface area contributed by atoms with E-state index in [1.165, 1.54) is 17.7 Å². The fourth-order valence-corrected chi connectivity index (χ4v) is 3.71. The molecular weight excluding hydrogens is 401 g/mol. The first-order chi connectivity index (χ1) is 10.1. The van der Waals surface area contributed by atoms with Crippen LogP contribution in [0.5, 0.6) is 0 Å². The van der Waals surface area contributed by atoms with Gasteiger partial charge in [-0.3, -0.25) is 4.79 Å². The maximum absolute atomic E-state index is 13.9. The summed E-state index contributed by atoms with van der Waals surface area (Å²) in [4.78, 5) is 12.4. The second kappa shape index (κ2) is 5.89. The van der Waals surface area contributed by atoms with Crippen molar-refractivity contribution >= 4 is 37.8 Å². The highest BCUT2D eigenvalue weighted by molar-refractivity contribution is 9.10. The third-order valence-corrected chi connectivity index (χ3v) is 4.97. The molecule has 1 N–H and O–H groups in total. The Balaban J connectivity index is 1.85. The molecule has 1 aliphatic carbocycles. The van der Waals surface area contributed by atoms with Crippen LogP contribution in [0, 0.1) is 5.82 Å². The first-order valence-electron chi connectivity index (χ1n) is 6.54. The quantitative estimate of drug-likeness (QED) is 0.728. The van der Waals surface area contributed by atoms with Crippen molar-refractivity contribution in [1.29, 1.82) is 0 Å². The molecule has 108 valence electrons. The topological polar surface area (TPSA) is 29.1 Å². The molecule has 0 fully saturated rings. The molecule has 0 aromatic heterocycles. The summed E-state index contributed by atoms with van der Waals surface area (Å²) >= 11 is 6.79. The van der Waals surface area contributed by atoms with Gasteiger partial charge in [-0.05, 0) is 35.7 Å². The van der Waals surface area contributed by atoms with Crippen LogP contribution in [0.4, 0.5) is 4.39 Å². The number of amides is 1. The number of carbonyl (C=O) groups excluding carboxylic acids is 1. The average molecular weight is 413 g/mol. The van der Waals surface area contributed by atoms with E-state index < -0.39 is 11.7 Å². The molecule has 0 saturated heterocycles. The number of benzene rings is 2. The highest BCUT2D eigenvalue weighted by Crippen LogP contribution is 2.36. The lowest BCUT2D eigenvalue weighted by molar-refractivity contribution is 0.0934. The summed E-state index contributed by atoms with van der Waals surface area (Å²) in [5, 5.41) is 2.92. The zero-order chi connectivity index (χ0) is 15.0. The first kappa shape index (κ1) is 14.7. The van der Waals surface area contributed by atoms with E-state index in [9.17, 15) is 9.18 Å². The SMILES string of the molecule is O=C(NC1c2ccccc2CC1Br)c1ccc(Br)cc1F. The van der Waals surface area contributed by atoms with Gasteiger partial charge in [-0.1, -0.05) is 56.1 Å². The number of carbonyl (C=O) groups is 1. The predicted molar refractivity (Wildman–Crippen MR) is 87.2 cm³/mol. The van der Waals surface area contributed by atoms with Crippen LogP contribution in [0.25, 0.3) is 0 Å². The lowest BCUT2D eigenvalue weighted by atomic mass is 10.1. The monoisotopic (exact) mass is 411 g/mol. The van der Waals surface area contributed by atoms with Crippen molar-refractivity contribution in [3.05, 3.63) is 69.4 Å². The van der Waals surface area contributed by atoms with Crippen molar-refractivity contribution in [1.82, 2.24) is 5.32 Å². The summed E-state index contributed by atoms with van der Waals surface area (Å²) in [6.07, 6.45) is 0.851. The van der Waals surface area contributed by atoms with E-state index in [2.05, 4.69) is 43.2 Å². The molecule has 5 heteroatoms. The third kappa shape index (κ3) is 2.90. The molecule has 0 heterocycles. The van der Waals surface area contributed by atoms with Gasteiger partial charge >= 0.3 is 0 Å². The van der Waals surface area contributed by atoms with E-state index in [1.54, 1.807) is 6.07 Å². The summed E-state index contributed by atoms with van der Waals surface area (Å²) < 4.78 is 14.5. The Morgan fingerprint density at radius 3 is 2.76 bits per heavy atom. The van der Waals surface area contributed by atoms with E-state index in [1.807, 2.05) is 18.2 Å². The molecule has 1 aliphatic rings. The van der Waals surface area contributed by atoms with Crippen molar-refractivity contribution in [2.45, 2.75) is 17.3 Å². The lowest BCUT2D eigenvalue weighted by Crippen LogP contribution is -2.32. The summed E-state index contributed by atoms with van der Waals surface area (Å²) in [6, 6.07) is 12.3. The van der Waals surface area contributed by atoms with Gasteiger partial charge < -0.3 is 5.32 Å². The van der Waals surface area contributed by atoms with Crippen LogP contribution in [0.15, 0.2) is 46.9 Å². The van der Waals surface area contributed by atoms with Gasteiger partial charge in [0.2, 0.25) is 0 Å². The molecule has 0 bridgehead atoms. The number of hydrogen-bond donors (Lipinski definition) is 1. The summed E-state index contributed by atoms with van der Waals surface area (Å²) in [6.45, 7) is 0. The van der Waals surface area contributed by atoms with Crippen LogP contribution in [0.2, 0.25) is 0 Å². The van der Waals surface area contributed by atoms with Gasteiger partial charge in [-0.15, -0.1) is 0 Å². The molecule has 2 unspecified atom stereocenters. The number of fused-ring (bicyclic) bond motifs is 1. The molecule has 2 atom stereocenters. The van der Waals surface area contributed by atoms with Gasteiger partial charge in [-0.2, -0.15) is 0 Å². The standard InChI is InChI=1S/C16H12Br2FNO/c17-10-5-6-12(14(19)8-10)16(21)20-15-11-4-2-1-3-9(11)7-13(15)18/h1-6,8,13,15H,7H2,(H,20,21). The van der Waals surface area contributed by atoms with E-state index in [-0.39, 0.29) is 16.4 Å². The van der Waals surface area contributed by atoms with E-state index in [0.717, 1.165) is 12.0 Å². The number of halogens is 3. The maximum atomic E-state index is 13.9. The van der Waals surface area contributed by atoms with E-state index in [0.29, 0.717) is 4.47 Å². The fraction of sp³-hybridized carbons (Fsp3) is 0.188. The fourth-order valence-electron chi connectivity index (χ4n) is 2.61. The Labute approximate surface area is 139 Å². The van der Waals surface area contributed by atoms with E-state index >= 15 is 0 Å². The minimum absolute atomic E-state index is 0.0577. The van der Waals surface area contributed by atoms with Gasteiger partial charge in [0.1, 0.15) is 5.82 Å². The van der Waals surface area contributed by atoms with Crippen LogP contribution in [-0.4, -0.2) is 10.7 Å². The molecule has 0 saturated carbocycles. The molecule has 2 nitrogen and oxygen atoms in total. The lowest BCUT2D eigenvalue weighted by Gasteiger charge is -2.18. The van der Waals surface area contributed by atoms with Crippen molar-refractivity contribution in [3.63, 3.8) is 0 Å². The predicted octanol–water partition coefficient (Wildman–Crippen LogP) is 4.38. The van der Waals surface area contributed by atoms with Gasteiger partial charge in [0.05, 0.1) is 11.6 Å². The molecule has 0 radical (unpaired) electrons. The van der Waals surface area contributed by atoms with Crippen molar-refractivity contribution in [3.8, 4) is 0 Å². The van der Waals surface area contributed by atoms with Crippen LogP contribution in [0.3, 0.4) is 0 Å². The van der Waals surface area contributed by atoms with Gasteiger partial charge in [-0.25, -0.2) is 4.39 Å². The highest BCUT2D eigenvalue weighted by atomic mass is 79.9. The number of nitrogens with one attached hydrogen (secondary N) is 1. The van der Waals surface area contributed by atoms with Crippen molar-refractivity contribution in [2.75, 3.05) is 0 Å². The summed E-state index contributed by atoms with van der Waals surface area (Å²) in [5.41, 5.74) is 2.36. The van der Waals surface area contributed by atoms with Gasteiger partial charge in [0.25, 0.3) is 5.91 Å². The van der Waals surface area contributed by atoms with Crippen molar-refractivity contribution < 1.29 is 9.18 Å². The second-order valence-corrected chi connectivity index (χ2v) is 7.09. The van der Waals surface area contributed by atoms with Crippen LogP contribution in [0.1, 0.15) is 27.5 Å². The molecule has 2 aromatic carbocycles. The zero-order valence-electron chi connectivity index (χ0n) is 10.9. The Bertz CT molecular complexity index is 704. The smallest absolute Gasteiger partial charge is 0.254 e. The average Bonchev–Trinajstić information content (AvgIpc) is 2.75. The molecule has 0 aliphatic heterocycles. The molecule has 1 amide bonds. The Morgan fingerprint density at radius 1 is 1.24 bits per heavy atom. The number of alkyl halides is 1. The number of rotatable bonds is 2. The normalized spacial score (nSPS) is 20.1. The van der Waals surface area contributed by atoms with Gasteiger partial charge in [0.15, 0.2) is 0 Å². The highest BCUT2D eigenvalue weighted by Gasteiger charge is 2.32. The van der Waals surface area contributed by atoms with Crippen LogP contribution < -0.4 is 5.32 Å². The minimum atomic E-state index is -0.528. The molecule has 2 aromatic rings. The Hall–Kier alpha value is -1.20. The molecular formula is C16H12Br2FNO. The molecule has 21 heavy (non-hydrogen) atoms. The largest absolute Gasteiger partial charge is 0.344 e. The third-order valence-electron chi connectivity index (χ3n) is 3.63. The second-order valence-electron chi connectivity index (χ2n) is 4.99. The number of hydrogen-bond acceptors (Lipinski definition) is 1. The van der Waals surface area contributed by atoms with E-state index in [4.69, 9.17) is 0 Å². The molecule has 3 rings (SSSR count). The Morgan fingerprint density at radius 2 is 2.00 bits per heavy atom. The van der Waals surface area contributed by atoms with Crippen LogP contribution >= 0.6 is 31.9 Å². The maximum Gasteiger partial charge on any atom is 0.254 e. The zero-order valence-corrected chi connectivity index (χ0v) is 14.1. The first-order valence-corrected chi connectivity index (χ1v) is 8.25. The van der Waals surface area contributed by atoms with Crippen molar-refractivity contribution in [2.24, 2.45) is 0 Å².